The van der Waals surface area contributed by atoms with E-state index in [2.05, 4.69) is 0 Å². The van der Waals surface area contributed by atoms with Crippen LogP contribution in [0.2, 0.25) is 5.02 Å². The van der Waals surface area contributed by atoms with E-state index in [1.807, 2.05) is 30.3 Å². The van der Waals surface area contributed by atoms with Crippen molar-refractivity contribution in [1.29, 1.82) is 0 Å². The van der Waals surface area contributed by atoms with Crippen molar-refractivity contribution in [1.82, 2.24) is 0 Å². The van der Waals surface area contributed by atoms with Crippen LogP contribution in [0.1, 0.15) is 22.3 Å². The zero-order valence-corrected chi connectivity index (χ0v) is 15.0. The van der Waals surface area contributed by atoms with E-state index in [0.29, 0.717) is 36.3 Å². The maximum atomic E-state index is 12.0. The summed E-state index contributed by atoms with van der Waals surface area (Å²) in [5.41, 5.74) is 1.24. The predicted octanol–water partition coefficient (Wildman–Crippen LogP) is 4.12. The summed E-state index contributed by atoms with van der Waals surface area (Å²) in [5.74, 6) is 0.297. The maximum Gasteiger partial charge on any atom is 0.341 e. The van der Waals surface area contributed by atoms with E-state index in [0.717, 1.165) is 12.0 Å². The van der Waals surface area contributed by atoms with Crippen LogP contribution in [0.4, 0.5) is 0 Å². The van der Waals surface area contributed by atoms with Crippen LogP contribution in [0.25, 0.3) is 0 Å². The molecule has 6 heteroatoms. The lowest BCUT2D eigenvalue weighted by molar-refractivity contribution is 0.0595. The Hall–Kier alpha value is -2.24. The van der Waals surface area contributed by atoms with Crippen LogP contribution in [-0.4, -0.2) is 33.4 Å². The highest BCUT2D eigenvalue weighted by molar-refractivity contribution is 6.32. The Balaban J connectivity index is 2.18. The van der Waals surface area contributed by atoms with Crippen molar-refractivity contribution in [3.05, 3.63) is 58.6 Å². The van der Waals surface area contributed by atoms with Gasteiger partial charge in [-0.1, -0.05) is 41.9 Å². The van der Waals surface area contributed by atoms with Gasteiger partial charge in [0.25, 0.3) is 0 Å². The molecule has 2 aromatic rings. The van der Waals surface area contributed by atoms with Crippen molar-refractivity contribution in [2.45, 2.75) is 13.0 Å². The highest BCUT2D eigenvalue weighted by Gasteiger charge is 2.18. The molecular weight excluding hydrogens is 344 g/mol. The molecule has 0 radical (unpaired) electrons. The number of benzene rings is 2. The Morgan fingerprint density at radius 3 is 2.44 bits per heavy atom. The molecule has 134 valence electrons. The lowest BCUT2D eigenvalue weighted by Crippen LogP contribution is -2.08. The zero-order chi connectivity index (χ0) is 18.1. The highest BCUT2D eigenvalue weighted by atomic mass is 35.5. The Morgan fingerprint density at radius 2 is 1.76 bits per heavy atom. The first kappa shape index (κ1) is 19.1. The monoisotopic (exact) mass is 364 g/mol. The number of carbonyl (C=O) groups excluding carboxylic acids is 1. The zero-order valence-electron chi connectivity index (χ0n) is 14.3. The molecule has 2 aromatic carbocycles. The fourth-order valence-electron chi connectivity index (χ4n) is 2.15. The van der Waals surface area contributed by atoms with E-state index in [1.54, 1.807) is 13.2 Å². The van der Waals surface area contributed by atoms with Crippen LogP contribution >= 0.6 is 11.6 Å². The maximum absolute atomic E-state index is 12.0. The van der Waals surface area contributed by atoms with Gasteiger partial charge in [-0.15, -0.1) is 0 Å². The Kier molecular flexibility index (Phi) is 7.57. The molecule has 0 aliphatic heterocycles. The molecule has 0 fully saturated rings. The average molecular weight is 365 g/mol. The Bertz CT molecular complexity index is 688. The minimum absolute atomic E-state index is 0.257. The molecule has 0 bridgehead atoms. The van der Waals surface area contributed by atoms with Crippen molar-refractivity contribution < 1.29 is 23.7 Å². The van der Waals surface area contributed by atoms with Crippen LogP contribution in [0.15, 0.2) is 42.5 Å². The summed E-state index contributed by atoms with van der Waals surface area (Å²) in [6.45, 7) is 1.36. The van der Waals surface area contributed by atoms with Crippen molar-refractivity contribution in [3.63, 3.8) is 0 Å². The van der Waals surface area contributed by atoms with Crippen LogP contribution in [0, 0.1) is 0 Å². The molecule has 0 heterocycles. The molecule has 0 N–H and O–H groups in total. The lowest BCUT2D eigenvalue weighted by atomic mass is 10.2. The third-order valence-electron chi connectivity index (χ3n) is 3.43. The molecule has 0 unspecified atom stereocenters. The molecule has 0 aromatic heterocycles. The highest BCUT2D eigenvalue weighted by Crippen LogP contribution is 2.34. The van der Waals surface area contributed by atoms with Gasteiger partial charge < -0.3 is 18.9 Å². The number of rotatable bonds is 9. The van der Waals surface area contributed by atoms with Crippen LogP contribution in [0.5, 0.6) is 11.5 Å². The van der Waals surface area contributed by atoms with Gasteiger partial charge in [-0.3, -0.25) is 0 Å². The molecule has 0 aliphatic carbocycles. The number of ether oxygens (including phenoxy) is 4. The third-order valence-corrected chi connectivity index (χ3v) is 3.72. The van der Waals surface area contributed by atoms with Crippen LogP contribution < -0.4 is 9.47 Å². The van der Waals surface area contributed by atoms with Crippen molar-refractivity contribution in [2.24, 2.45) is 0 Å². The molecule has 0 aliphatic rings. The van der Waals surface area contributed by atoms with Crippen molar-refractivity contribution >= 4 is 17.6 Å². The van der Waals surface area contributed by atoms with Crippen LogP contribution in [0.3, 0.4) is 0 Å². The number of halogens is 1. The number of carbonyl (C=O) groups is 1. The van der Waals surface area contributed by atoms with Crippen molar-refractivity contribution in [2.75, 3.05) is 27.4 Å². The molecule has 0 saturated heterocycles. The first-order valence-corrected chi connectivity index (χ1v) is 8.23. The summed E-state index contributed by atoms with van der Waals surface area (Å²) in [5, 5.41) is 0.324. The van der Waals surface area contributed by atoms with Gasteiger partial charge in [0.2, 0.25) is 0 Å². The third kappa shape index (κ3) is 5.66. The summed E-state index contributed by atoms with van der Waals surface area (Å²) in [7, 11) is 2.94. The summed E-state index contributed by atoms with van der Waals surface area (Å²) in [6.07, 6.45) is 0.728. The Labute approximate surface area is 152 Å². The van der Waals surface area contributed by atoms with Gasteiger partial charge in [-0.05, 0) is 11.6 Å². The number of hydrogen-bond acceptors (Lipinski definition) is 5. The number of esters is 1. The summed E-state index contributed by atoms with van der Waals surface area (Å²) in [4.78, 5) is 12.0. The largest absolute Gasteiger partial charge is 0.492 e. The minimum Gasteiger partial charge on any atom is -0.492 e. The van der Waals surface area contributed by atoms with E-state index in [4.69, 9.17) is 30.5 Å². The summed E-state index contributed by atoms with van der Waals surface area (Å²) >= 11 is 6.21. The van der Waals surface area contributed by atoms with E-state index >= 15 is 0 Å². The second kappa shape index (κ2) is 9.91. The van der Waals surface area contributed by atoms with Crippen LogP contribution in [-0.2, 0) is 16.1 Å². The molecule has 0 amide bonds. The topological polar surface area (TPSA) is 54.0 Å². The average Bonchev–Trinajstić information content (AvgIpc) is 2.65. The molecule has 0 saturated carbocycles. The van der Waals surface area contributed by atoms with Gasteiger partial charge in [0.1, 0.15) is 23.7 Å². The first-order chi connectivity index (χ1) is 12.2. The predicted molar refractivity (Wildman–Crippen MR) is 95.6 cm³/mol. The van der Waals surface area contributed by atoms with Gasteiger partial charge in [-0.2, -0.15) is 0 Å². The van der Waals surface area contributed by atoms with Gasteiger partial charge in [0.05, 0.1) is 18.7 Å². The second-order valence-corrected chi connectivity index (χ2v) is 5.65. The smallest absolute Gasteiger partial charge is 0.341 e. The fourth-order valence-corrected chi connectivity index (χ4v) is 2.37. The normalized spacial score (nSPS) is 10.4. The van der Waals surface area contributed by atoms with E-state index < -0.39 is 5.97 Å². The Morgan fingerprint density at radius 1 is 1.00 bits per heavy atom. The van der Waals surface area contributed by atoms with Crippen molar-refractivity contribution in [3.8, 4) is 11.5 Å². The first-order valence-electron chi connectivity index (χ1n) is 7.86. The second-order valence-electron chi connectivity index (χ2n) is 5.24. The quantitative estimate of drug-likeness (QED) is 0.495. The lowest BCUT2D eigenvalue weighted by Gasteiger charge is -2.14. The summed E-state index contributed by atoms with van der Waals surface area (Å²) in [6, 6.07) is 12.8. The van der Waals surface area contributed by atoms with Gasteiger partial charge in [-0.25, -0.2) is 4.79 Å². The van der Waals surface area contributed by atoms with E-state index in [1.165, 1.54) is 13.2 Å². The van der Waals surface area contributed by atoms with E-state index in [-0.39, 0.29) is 5.56 Å². The minimum atomic E-state index is -0.518. The van der Waals surface area contributed by atoms with Gasteiger partial charge >= 0.3 is 5.97 Å². The number of hydrogen-bond donors (Lipinski definition) is 0. The fraction of sp³-hybridized carbons (Fsp3) is 0.316. The molecule has 0 spiro atoms. The SMILES string of the molecule is COCCCOc1cc(OCc2ccccc2)c(C(=O)OC)cc1Cl. The molecule has 0 atom stereocenters. The standard InChI is InChI=1S/C19H21ClO5/c1-22-9-6-10-24-18-12-17(15(11-16(18)20)19(21)23-2)25-13-14-7-4-3-5-8-14/h3-5,7-8,11-12H,6,9-10,13H2,1-2H3. The van der Waals surface area contributed by atoms with Gasteiger partial charge in [0, 0.05) is 26.2 Å². The summed E-state index contributed by atoms with van der Waals surface area (Å²) < 4.78 is 21.3. The molecule has 25 heavy (non-hydrogen) atoms. The molecule has 2 rings (SSSR count). The van der Waals surface area contributed by atoms with E-state index in [9.17, 15) is 4.79 Å². The molecule has 5 nitrogen and oxygen atoms in total. The number of methoxy groups -OCH3 is 2. The molecular formula is C19H21ClO5. The van der Waals surface area contributed by atoms with Gasteiger partial charge in [0.15, 0.2) is 0 Å².